The Kier molecular flexibility index (Phi) is 9.19. The number of anilines is 1. The summed E-state index contributed by atoms with van der Waals surface area (Å²) in [5, 5.41) is 6.29. The molecule has 1 heterocycles. The predicted octanol–water partition coefficient (Wildman–Crippen LogP) is 4.77. The summed E-state index contributed by atoms with van der Waals surface area (Å²) in [6.45, 7) is 5.49. The van der Waals surface area contributed by atoms with Crippen LogP contribution < -0.4 is 15.5 Å². The van der Waals surface area contributed by atoms with E-state index < -0.39 is 29.4 Å². The van der Waals surface area contributed by atoms with Gasteiger partial charge in [-0.25, -0.2) is 13.2 Å². The van der Waals surface area contributed by atoms with Gasteiger partial charge in [0, 0.05) is 37.3 Å². The molecule has 1 aliphatic rings. The molecule has 0 spiro atoms. The van der Waals surface area contributed by atoms with E-state index in [0.717, 1.165) is 11.6 Å². The molecule has 1 aliphatic heterocycles. The molecule has 1 fully saturated rings. The number of hydrogen-bond donors (Lipinski definition) is 2. The average molecular weight is 512 g/mol. The van der Waals surface area contributed by atoms with Gasteiger partial charge in [-0.1, -0.05) is 29.8 Å². The van der Waals surface area contributed by atoms with Crippen LogP contribution in [-0.2, 0) is 17.7 Å². The van der Waals surface area contributed by atoms with E-state index in [1.165, 1.54) is 23.8 Å². The topological polar surface area (TPSA) is 53.6 Å². The second-order valence-corrected chi connectivity index (χ2v) is 9.37. The lowest BCUT2D eigenvalue weighted by Gasteiger charge is -2.29. The highest BCUT2D eigenvalue weighted by Crippen LogP contribution is 2.22. The molecule has 4 rings (SSSR count). The largest absolute Gasteiger partial charge is 0.378 e. The molecule has 0 aromatic heterocycles. The molecule has 0 aliphatic carbocycles. The minimum atomic E-state index is -0.668. The van der Waals surface area contributed by atoms with Gasteiger partial charge in [0.15, 0.2) is 0 Å². The highest BCUT2D eigenvalue weighted by Gasteiger charge is 2.19. The van der Waals surface area contributed by atoms with Crippen molar-refractivity contribution < 1.29 is 22.7 Å². The Labute approximate surface area is 215 Å². The van der Waals surface area contributed by atoms with Crippen LogP contribution in [0.5, 0.6) is 0 Å². The average Bonchev–Trinajstić information content (AvgIpc) is 2.86. The summed E-state index contributed by atoms with van der Waals surface area (Å²) >= 11 is 0. The SMILES string of the molecule is Cc1cccc(CNCCC(Cc2cc(F)cc(F)c2)NC(=O)c2ccc(N3CCOCC3)c(F)c2)c1. The number of rotatable bonds is 10. The van der Waals surface area contributed by atoms with Crippen molar-refractivity contribution >= 4 is 11.6 Å². The standard InChI is InChI=1S/C29H32F3N3O2/c1-20-3-2-4-21(13-20)19-33-8-7-26(16-22-14-24(30)18-25(31)15-22)34-29(36)23-5-6-28(27(32)17-23)35-9-11-37-12-10-35/h2-6,13-15,17-18,26,33H,7-12,16,19H2,1H3,(H,34,36). The van der Waals surface area contributed by atoms with Crippen LogP contribution in [-0.4, -0.2) is 44.8 Å². The van der Waals surface area contributed by atoms with Crippen LogP contribution in [0.3, 0.4) is 0 Å². The van der Waals surface area contributed by atoms with E-state index in [9.17, 15) is 18.0 Å². The summed E-state index contributed by atoms with van der Waals surface area (Å²) in [5.41, 5.74) is 3.38. The minimum Gasteiger partial charge on any atom is -0.378 e. The van der Waals surface area contributed by atoms with Crippen LogP contribution in [0.15, 0.2) is 60.7 Å². The van der Waals surface area contributed by atoms with Gasteiger partial charge in [-0.2, -0.15) is 0 Å². The monoisotopic (exact) mass is 511 g/mol. The molecule has 196 valence electrons. The van der Waals surface area contributed by atoms with E-state index in [0.29, 0.717) is 57.1 Å². The maximum Gasteiger partial charge on any atom is 0.251 e. The highest BCUT2D eigenvalue weighted by molar-refractivity contribution is 5.94. The number of nitrogens with one attached hydrogen (secondary N) is 2. The minimum absolute atomic E-state index is 0.192. The van der Waals surface area contributed by atoms with Crippen molar-refractivity contribution in [2.75, 3.05) is 37.7 Å². The van der Waals surface area contributed by atoms with Crippen molar-refractivity contribution in [1.82, 2.24) is 10.6 Å². The number of carbonyl (C=O) groups excluding carboxylic acids is 1. The summed E-state index contributed by atoms with van der Waals surface area (Å²) in [5.74, 6) is -2.25. The zero-order valence-electron chi connectivity index (χ0n) is 20.9. The Morgan fingerprint density at radius 2 is 1.73 bits per heavy atom. The van der Waals surface area contributed by atoms with Gasteiger partial charge in [0.05, 0.1) is 18.9 Å². The van der Waals surface area contributed by atoms with E-state index in [2.05, 4.69) is 16.7 Å². The third-order valence-corrected chi connectivity index (χ3v) is 6.38. The molecule has 0 saturated carbocycles. The van der Waals surface area contributed by atoms with Gasteiger partial charge in [-0.3, -0.25) is 4.79 Å². The quantitative estimate of drug-likeness (QED) is 0.385. The first-order valence-electron chi connectivity index (χ1n) is 12.5. The van der Waals surface area contributed by atoms with E-state index >= 15 is 0 Å². The Morgan fingerprint density at radius 3 is 2.43 bits per heavy atom. The lowest BCUT2D eigenvalue weighted by molar-refractivity contribution is 0.0934. The summed E-state index contributed by atoms with van der Waals surface area (Å²) < 4.78 is 47.7. The van der Waals surface area contributed by atoms with Crippen molar-refractivity contribution in [2.24, 2.45) is 0 Å². The van der Waals surface area contributed by atoms with Gasteiger partial charge < -0.3 is 20.3 Å². The van der Waals surface area contributed by atoms with Crippen LogP contribution in [0.2, 0.25) is 0 Å². The molecule has 2 N–H and O–H groups in total. The van der Waals surface area contributed by atoms with Crippen molar-refractivity contribution in [3.05, 3.63) is 100 Å². The van der Waals surface area contributed by atoms with Crippen LogP contribution >= 0.6 is 0 Å². The highest BCUT2D eigenvalue weighted by atomic mass is 19.1. The number of halogens is 3. The van der Waals surface area contributed by atoms with Crippen LogP contribution in [0.1, 0.15) is 33.5 Å². The fourth-order valence-corrected chi connectivity index (χ4v) is 4.55. The van der Waals surface area contributed by atoms with Gasteiger partial charge in [0.1, 0.15) is 17.5 Å². The summed E-state index contributed by atoms with van der Waals surface area (Å²) in [6.07, 6.45) is 0.755. The van der Waals surface area contributed by atoms with Gasteiger partial charge in [-0.15, -0.1) is 0 Å². The Morgan fingerprint density at radius 1 is 0.973 bits per heavy atom. The molecule has 1 atom stereocenters. The zero-order chi connectivity index (χ0) is 26.2. The first kappa shape index (κ1) is 26.7. The Balaban J connectivity index is 1.42. The molecule has 8 heteroatoms. The second kappa shape index (κ2) is 12.7. The first-order valence-corrected chi connectivity index (χ1v) is 12.5. The summed E-state index contributed by atoms with van der Waals surface area (Å²) in [4.78, 5) is 14.9. The molecule has 0 radical (unpaired) electrons. The number of morpholine rings is 1. The van der Waals surface area contributed by atoms with E-state index in [1.54, 1.807) is 12.1 Å². The lowest BCUT2D eigenvalue weighted by atomic mass is 10.0. The van der Waals surface area contributed by atoms with Crippen molar-refractivity contribution in [1.29, 1.82) is 0 Å². The van der Waals surface area contributed by atoms with Crippen molar-refractivity contribution in [3.8, 4) is 0 Å². The number of ether oxygens (including phenoxy) is 1. The molecular weight excluding hydrogens is 479 g/mol. The maximum absolute atomic E-state index is 14.9. The van der Waals surface area contributed by atoms with Gasteiger partial charge in [-0.05, 0) is 67.8 Å². The van der Waals surface area contributed by atoms with Gasteiger partial charge in [0.2, 0.25) is 0 Å². The fraction of sp³-hybridized carbons (Fsp3) is 0.345. The van der Waals surface area contributed by atoms with Crippen molar-refractivity contribution in [3.63, 3.8) is 0 Å². The van der Waals surface area contributed by atoms with Crippen LogP contribution in [0.4, 0.5) is 18.9 Å². The predicted molar refractivity (Wildman–Crippen MR) is 138 cm³/mol. The number of nitrogens with zero attached hydrogens (tertiary/aromatic N) is 1. The normalized spacial score (nSPS) is 14.4. The molecule has 1 unspecified atom stereocenters. The summed E-state index contributed by atoms with van der Waals surface area (Å²) in [6, 6.07) is 15.5. The molecule has 1 saturated heterocycles. The van der Waals surface area contributed by atoms with Crippen LogP contribution in [0.25, 0.3) is 0 Å². The van der Waals surface area contributed by atoms with Crippen molar-refractivity contribution in [2.45, 2.75) is 32.4 Å². The Bertz CT molecular complexity index is 1190. The Hall–Kier alpha value is -3.36. The molecule has 5 nitrogen and oxygen atoms in total. The molecule has 3 aromatic rings. The zero-order valence-corrected chi connectivity index (χ0v) is 20.9. The molecular formula is C29H32F3N3O2. The molecule has 0 bridgehead atoms. The number of aryl methyl sites for hydroxylation is 1. The lowest BCUT2D eigenvalue weighted by Crippen LogP contribution is -2.39. The fourth-order valence-electron chi connectivity index (χ4n) is 4.55. The van der Waals surface area contributed by atoms with E-state index in [1.807, 2.05) is 30.0 Å². The smallest absolute Gasteiger partial charge is 0.251 e. The van der Waals surface area contributed by atoms with Gasteiger partial charge in [0.25, 0.3) is 5.91 Å². The molecule has 1 amide bonds. The number of hydrogen-bond acceptors (Lipinski definition) is 4. The molecule has 3 aromatic carbocycles. The van der Waals surface area contributed by atoms with Crippen LogP contribution in [0, 0.1) is 24.4 Å². The second-order valence-electron chi connectivity index (χ2n) is 9.37. The number of benzene rings is 3. The number of amides is 1. The molecule has 37 heavy (non-hydrogen) atoms. The third-order valence-electron chi connectivity index (χ3n) is 6.38. The number of carbonyl (C=O) groups is 1. The maximum atomic E-state index is 14.9. The van der Waals surface area contributed by atoms with E-state index in [-0.39, 0.29) is 12.0 Å². The van der Waals surface area contributed by atoms with E-state index in [4.69, 9.17) is 4.74 Å². The van der Waals surface area contributed by atoms with Gasteiger partial charge >= 0.3 is 0 Å². The third kappa shape index (κ3) is 7.81. The summed E-state index contributed by atoms with van der Waals surface area (Å²) in [7, 11) is 0. The first-order chi connectivity index (χ1) is 17.9.